The molecule has 0 spiro atoms. The summed E-state index contributed by atoms with van der Waals surface area (Å²) in [4.78, 5) is 24.7. The molecule has 5 nitrogen and oxygen atoms in total. The minimum atomic E-state index is -0.856. The van der Waals surface area contributed by atoms with Crippen LogP contribution in [0.3, 0.4) is 0 Å². The van der Waals surface area contributed by atoms with E-state index in [9.17, 15) is 9.59 Å². The van der Waals surface area contributed by atoms with Crippen molar-refractivity contribution < 1.29 is 14.7 Å². The molecule has 1 amide bonds. The van der Waals surface area contributed by atoms with Gasteiger partial charge in [0.25, 0.3) is 0 Å². The third-order valence-electron chi connectivity index (χ3n) is 3.29. The fraction of sp³-hybridized carbons (Fsp3) is 0.500. The highest BCUT2D eigenvalue weighted by Gasteiger charge is 2.21. The molecule has 0 saturated heterocycles. The molecule has 0 aliphatic rings. The second kappa shape index (κ2) is 9.13. The van der Waals surface area contributed by atoms with Crippen LogP contribution in [0.4, 0.5) is 5.69 Å². The fourth-order valence-corrected chi connectivity index (χ4v) is 2.11. The first-order valence-corrected chi connectivity index (χ1v) is 7.40. The number of unbranched alkanes of at least 4 members (excludes halogenated alkanes) is 1. The third kappa shape index (κ3) is 5.95. The van der Waals surface area contributed by atoms with Gasteiger partial charge in [0.15, 0.2) is 0 Å². The van der Waals surface area contributed by atoms with Crippen LogP contribution in [0.15, 0.2) is 30.3 Å². The molecule has 1 aromatic carbocycles. The quantitative estimate of drug-likeness (QED) is 0.732. The van der Waals surface area contributed by atoms with Crippen LogP contribution in [0.25, 0.3) is 0 Å². The summed E-state index contributed by atoms with van der Waals surface area (Å²) in [7, 11) is 0. The lowest BCUT2D eigenvalue weighted by molar-refractivity contribution is -0.137. The number of anilines is 1. The van der Waals surface area contributed by atoms with E-state index < -0.39 is 12.0 Å². The average Bonchev–Trinajstić information content (AvgIpc) is 2.49. The molecule has 1 atom stereocenters. The molecule has 0 aliphatic heterocycles. The normalized spacial score (nSPS) is 11.9. The lowest BCUT2D eigenvalue weighted by Gasteiger charge is -2.25. The average molecular weight is 292 g/mol. The number of hydrogen-bond acceptors (Lipinski definition) is 3. The van der Waals surface area contributed by atoms with Crippen LogP contribution < -0.4 is 10.6 Å². The lowest BCUT2D eigenvalue weighted by Crippen LogP contribution is -2.44. The Morgan fingerprint density at radius 1 is 1.24 bits per heavy atom. The first-order chi connectivity index (χ1) is 10.1. The zero-order chi connectivity index (χ0) is 15.7. The number of para-hydroxylation sites is 1. The molecule has 5 heteroatoms. The summed E-state index contributed by atoms with van der Waals surface area (Å²) in [6.45, 7) is 2.42. The van der Waals surface area contributed by atoms with Crippen LogP contribution in [0.1, 0.15) is 39.0 Å². The molecule has 0 aromatic heterocycles. The molecular weight excluding hydrogens is 268 g/mol. The van der Waals surface area contributed by atoms with Crippen molar-refractivity contribution in [1.82, 2.24) is 0 Å². The van der Waals surface area contributed by atoms with Crippen LogP contribution in [0.2, 0.25) is 0 Å². The Morgan fingerprint density at radius 3 is 2.48 bits per heavy atom. The Kier molecular flexibility index (Phi) is 7.46. The first-order valence-electron chi connectivity index (χ1n) is 7.40. The summed E-state index contributed by atoms with van der Waals surface area (Å²) in [6.07, 6.45) is 3.00. The number of nitrogens with zero attached hydrogens (tertiary/aromatic N) is 1. The number of aliphatic carboxylic acids is 1. The van der Waals surface area contributed by atoms with E-state index >= 15 is 0 Å². The summed E-state index contributed by atoms with van der Waals surface area (Å²) in [5.74, 6) is -0.995. The molecule has 0 bridgehead atoms. The summed E-state index contributed by atoms with van der Waals surface area (Å²) in [6, 6.07) is 8.72. The molecule has 0 radical (unpaired) electrons. The van der Waals surface area contributed by atoms with E-state index in [1.165, 1.54) is 0 Å². The van der Waals surface area contributed by atoms with E-state index in [-0.39, 0.29) is 12.3 Å². The minimum Gasteiger partial charge on any atom is -0.481 e. The van der Waals surface area contributed by atoms with E-state index in [0.29, 0.717) is 19.4 Å². The standard InChI is InChI=1S/C16H24N2O3/c1-2-3-10-14(17)16(21)18(12-7-11-15(19)20)13-8-5-4-6-9-13/h4-6,8-9,14H,2-3,7,10-12,17H2,1H3,(H,19,20). The number of benzene rings is 1. The Balaban J connectivity index is 2.76. The van der Waals surface area contributed by atoms with Gasteiger partial charge in [-0.15, -0.1) is 0 Å². The Hall–Kier alpha value is -1.88. The Morgan fingerprint density at radius 2 is 1.90 bits per heavy atom. The van der Waals surface area contributed by atoms with Gasteiger partial charge in [0.1, 0.15) is 0 Å². The topological polar surface area (TPSA) is 83.6 Å². The van der Waals surface area contributed by atoms with Gasteiger partial charge in [-0.05, 0) is 25.0 Å². The van der Waals surface area contributed by atoms with Gasteiger partial charge in [0.05, 0.1) is 6.04 Å². The molecule has 116 valence electrons. The van der Waals surface area contributed by atoms with Gasteiger partial charge < -0.3 is 15.7 Å². The summed E-state index contributed by atoms with van der Waals surface area (Å²) in [5.41, 5.74) is 6.73. The number of hydrogen-bond donors (Lipinski definition) is 2. The Bertz CT molecular complexity index is 448. The van der Waals surface area contributed by atoms with Gasteiger partial charge in [-0.25, -0.2) is 0 Å². The molecule has 21 heavy (non-hydrogen) atoms. The fourth-order valence-electron chi connectivity index (χ4n) is 2.11. The second-order valence-corrected chi connectivity index (χ2v) is 5.07. The van der Waals surface area contributed by atoms with Gasteiger partial charge in [0, 0.05) is 18.7 Å². The van der Waals surface area contributed by atoms with Crippen molar-refractivity contribution in [1.29, 1.82) is 0 Å². The molecule has 1 aromatic rings. The van der Waals surface area contributed by atoms with Crippen molar-refractivity contribution in [3.63, 3.8) is 0 Å². The van der Waals surface area contributed by atoms with Crippen molar-refractivity contribution in [3.8, 4) is 0 Å². The largest absolute Gasteiger partial charge is 0.481 e. The van der Waals surface area contributed by atoms with Crippen molar-refractivity contribution in [2.75, 3.05) is 11.4 Å². The van der Waals surface area contributed by atoms with Gasteiger partial charge in [-0.1, -0.05) is 38.0 Å². The molecule has 0 heterocycles. The third-order valence-corrected chi connectivity index (χ3v) is 3.29. The first kappa shape index (κ1) is 17.2. The van der Waals surface area contributed by atoms with E-state index in [4.69, 9.17) is 10.8 Å². The van der Waals surface area contributed by atoms with Gasteiger partial charge in [-0.3, -0.25) is 9.59 Å². The van der Waals surface area contributed by atoms with E-state index in [2.05, 4.69) is 6.92 Å². The monoisotopic (exact) mass is 292 g/mol. The smallest absolute Gasteiger partial charge is 0.303 e. The lowest BCUT2D eigenvalue weighted by atomic mass is 10.1. The number of amides is 1. The second-order valence-electron chi connectivity index (χ2n) is 5.07. The summed E-state index contributed by atoms with van der Waals surface area (Å²) >= 11 is 0. The highest BCUT2D eigenvalue weighted by molar-refractivity contribution is 5.97. The zero-order valence-corrected chi connectivity index (χ0v) is 12.5. The molecule has 1 unspecified atom stereocenters. The molecule has 0 fully saturated rings. The number of carboxylic acid groups (broad SMARTS) is 1. The van der Waals surface area contributed by atoms with Crippen molar-refractivity contribution in [3.05, 3.63) is 30.3 Å². The molecule has 3 N–H and O–H groups in total. The Labute approximate surface area is 125 Å². The predicted octanol–water partition coefficient (Wildman–Crippen LogP) is 2.40. The molecule has 1 rings (SSSR count). The SMILES string of the molecule is CCCCC(N)C(=O)N(CCCC(=O)O)c1ccccc1. The number of carbonyl (C=O) groups is 2. The molecule has 0 aliphatic carbocycles. The van der Waals surface area contributed by atoms with Crippen molar-refractivity contribution in [2.45, 2.75) is 45.1 Å². The van der Waals surface area contributed by atoms with Gasteiger partial charge >= 0.3 is 5.97 Å². The van der Waals surface area contributed by atoms with E-state index in [1.54, 1.807) is 4.90 Å². The van der Waals surface area contributed by atoms with E-state index in [1.807, 2.05) is 30.3 Å². The number of carbonyl (C=O) groups excluding carboxylic acids is 1. The number of carboxylic acids is 1. The van der Waals surface area contributed by atoms with Crippen LogP contribution >= 0.6 is 0 Å². The van der Waals surface area contributed by atoms with Crippen LogP contribution in [0, 0.1) is 0 Å². The molecule has 0 saturated carbocycles. The van der Waals surface area contributed by atoms with Crippen molar-refractivity contribution in [2.24, 2.45) is 5.73 Å². The highest BCUT2D eigenvalue weighted by atomic mass is 16.4. The minimum absolute atomic E-state index is 0.0425. The maximum Gasteiger partial charge on any atom is 0.303 e. The van der Waals surface area contributed by atoms with Crippen molar-refractivity contribution >= 4 is 17.6 Å². The van der Waals surface area contributed by atoms with Gasteiger partial charge in [0.2, 0.25) is 5.91 Å². The predicted molar refractivity (Wildman–Crippen MR) is 83.2 cm³/mol. The summed E-state index contributed by atoms with van der Waals surface area (Å²) in [5, 5.41) is 8.73. The number of rotatable bonds is 9. The maximum atomic E-state index is 12.5. The van der Waals surface area contributed by atoms with Crippen LogP contribution in [-0.4, -0.2) is 29.6 Å². The summed E-state index contributed by atoms with van der Waals surface area (Å²) < 4.78 is 0. The van der Waals surface area contributed by atoms with E-state index in [0.717, 1.165) is 18.5 Å². The van der Waals surface area contributed by atoms with Crippen LogP contribution in [-0.2, 0) is 9.59 Å². The molecular formula is C16H24N2O3. The zero-order valence-electron chi connectivity index (χ0n) is 12.5. The maximum absolute atomic E-state index is 12.5. The number of nitrogens with two attached hydrogens (primary N) is 1. The highest BCUT2D eigenvalue weighted by Crippen LogP contribution is 2.16. The van der Waals surface area contributed by atoms with Gasteiger partial charge in [-0.2, -0.15) is 0 Å². The van der Waals surface area contributed by atoms with Crippen LogP contribution in [0.5, 0.6) is 0 Å².